The molecule has 0 amide bonds. The summed E-state index contributed by atoms with van der Waals surface area (Å²) in [7, 11) is 0. The fraction of sp³-hybridized carbons (Fsp3) is 0.375. The normalized spacial score (nSPS) is 9.80. The number of hydrogen-bond donors (Lipinski definition) is 0. The summed E-state index contributed by atoms with van der Waals surface area (Å²) in [4.78, 5) is 10.9. The topological polar surface area (TPSA) is 22.0 Å². The second-order valence-corrected chi connectivity index (χ2v) is 2.24. The Morgan fingerprint density at radius 1 is 1.70 bits per heavy atom. The Morgan fingerprint density at radius 2 is 2.40 bits per heavy atom. The van der Waals surface area contributed by atoms with Gasteiger partial charge in [-0.3, -0.25) is 4.79 Å². The van der Waals surface area contributed by atoms with Gasteiger partial charge in [0.05, 0.1) is 5.69 Å². The predicted molar refractivity (Wildman–Crippen MR) is 40.1 cm³/mol. The van der Waals surface area contributed by atoms with Gasteiger partial charge < -0.3 is 4.57 Å². The van der Waals surface area contributed by atoms with Crippen molar-refractivity contribution < 1.29 is 4.79 Å². The van der Waals surface area contributed by atoms with Crippen molar-refractivity contribution in [1.82, 2.24) is 4.57 Å². The summed E-state index contributed by atoms with van der Waals surface area (Å²) in [6.07, 6.45) is 1.91. The minimum absolute atomic E-state index is 0.131. The van der Waals surface area contributed by atoms with E-state index in [-0.39, 0.29) is 5.78 Å². The highest BCUT2D eigenvalue weighted by Gasteiger charge is 2.01. The summed E-state index contributed by atoms with van der Waals surface area (Å²) in [6, 6.07) is 3.73. The van der Waals surface area contributed by atoms with Crippen LogP contribution in [0, 0.1) is 0 Å². The van der Waals surface area contributed by atoms with E-state index in [0.29, 0.717) is 0 Å². The summed E-state index contributed by atoms with van der Waals surface area (Å²) < 4.78 is 1.93. The van der Waals surface area contributed by atoms with Crippen molar-refractivity contribution >= 4 is 5.78 Å². The second-order valence-electron chi connectivity index (χ2n) is 2.24. The maximum atomic E-state index is 10.9. The monoisotopic (exact) mass is 137 g/mol. The zero-order valence-corrected chi connectivity index (χ0v) is 6.29. The fourth-order valence-electron chi connectivity index (χ4n) is 1.01. The molecule has 0 bridgehead atoms. The molecule has 1 rings (SSSR count). The highest BCUT2D eigenvalue weighted by Crippen LogP contribution is 2.01. The minimum Gasteiger partial charge on any atom is -0.345 e. The molecule has 1 aromatic rings. The molecule has 0 fully saturated rings. The highest BCUT2D eigenvalue weighted by molar-refractivity contribution is 5.92. The molecule has 0 radical (unpaired) electrons. The third-order valence-corrected chi connectivity index (χ3v) is 1.53. The van der Waals surface area contributed by atoms with Crippen LogP contribution >= 0.6 is 0 Å². The molecule has 0 saturated carbocycles. The van der Waals surface area contributed by atoms with Crippen molar-refractivity contribution in [3.8, 4) is 0 Å². The first-order chi connectivity index (χ1) is 4.75. The molecule has 2 heteroatoms. The standard InChI is InChI=1S/C8H11NO/c1-3-9-6-4-5-8(9)7(2)10/h4-6H,3H2,1-2H3. The number of aryl methyl sites for hydroxylation is 1. The zero-order valence-electron chi connectivity index (χ0n) is 6.29. The summed E-state index contributed by atoms with van der Waals surface area (Å²) in [5.41, 5.74) is 0.794. The maximum absolute atomic E-state index is 10.9. The Balaban J connectivity index is 3.01. The van der Waals surface area contributed by atoms with Gasteiger partial charge in [0.15, 0.2) is 5.78 Å². The lowest BCUT2D eigenvalue weighted by Gasteiger charge is -2.00. The molecule has 10 heavy (non-hydrogen) atoms. The maximum Gasteiger partial charge on any atom is 0.176 e. The Bertz CT molecular complexity index is 237. The number of nitrogens with zero attached hydrogens (tertiary/aromatic N) is 1. The predicted octanol–water partition coefficient (Wildman–Crippen LogP) is 1.71. The van der Waals surface area contributed by atoms with E-state index in [9.17, 15) is 4.79 Å². The van der Waals surface area contributed by atoms with Gasteiger partial charge in [-0.2, -0.15) is 0 Å². The van der Waals surface area contributed by atoms with Crippen LogP contribution < -0.4 is 0 Å². The number of carbonyl (C=O) groups excluding carboxylic acids is 1. The van der Waals surface area contributed by atoms with Crippen LogP contribution in [0.25, 0.3) is 0 Å². The van der Waals surface area contributed by atoms with E-state index >= 15 is 0 Å². The Morgan fingerprint density at radius 3 is 2.80 bits per heavy atom. The van der Waals surface area contributed by atoms with E-state index in [0.717, 1.165) is 12.2 Å². The lowest BCUT2D eigenvalue weighted by atomic mass is 10.3. The molecule has 0 saturated heterocycles. The average molecular weight is 137 g/mol. The van der Waals surface area contributed by atoms with Crippen LogP contribution in [0.3, 0.4) is 0 Å². The number of hydrogen-bond acceptors (Lipinski definition) is 1. The van der Waals surface area contributed by atoms with Crippen molar-refractivity contribution in [2.45, 2.75) is 20.4 Å². The fourth-order valence-corrected chi connectivity index (χ4v) is 1.01. The lowest BCUT2D eigenvalue weighted by Crippen LogP contribution is -2.02. The Hall–Kier alpha value is -1.05. The van der Waals surface area contributed by atoms with Gasteiger partial charge in [-0.05, 0) is 19.1 Å². The van der Waals surface area contributed by atoms with Crippen LogP contribution in [0.2, 0.25) is 0 Å². The Kier molecular flexibility index (Phi) is 1.90. The van der Waals surface area contributed by atoms with Gasteiger partial charge in [-0.25, -0.2) is 0 Å². The van der Waals surface area contributed by atoms with E-state index in [1.54, 1.807) is 6.92 Å². The molecule has 2 nitrogen and oxygen atoms in total. The molecule has 0 unspecified atom stereocenters. The lowest BCUT2D eigenvalue weighted by molar-refractivity contribution is 0.100. The largest absolute Gasteiger partial charge is 0.345 e. The summed E-state index contributed by atoms with van der Waals surface area (Å²) in [6.45, 7) is 4.47. The van der Waals surface area contributed by atoms with Crippen molar-refractivity contribution in [2.24, 2.45) is 0 Å². The molecule has 0 atom stereocenters. The van der Waals surface area contributed by atoms with E-state index in [4.69, 9.17) is 0 Å². The van der Waals surface area contributed by atoms with Crippen LogP contribution in [0.5, 0.6) is 0 Å². The number of aromatic nitrogens is 1. The molecule has 0 aliphatic heterocycles. The Labute approximate surface area is 60.5 Å². The first-order valence-corrected chi connectivity index (χ1v) is 3.41. The number of carbonyl (C=O) groups is 1. The van der Waals surface area contributed by atoms with E-state index in [2.05, 4.69) is 0 Å². The molecule has 54 valence electrons. The average Bonchev–Trinajstić information content (AvgIpc) is 2.33. The van der Waals surface area contributed by atoms with Crippen molar-refractivity contribution in [3.63, 3.8) is 0 Å². The molecule has 0 spiro atoms. The third-order valence-electron chi connectivity index (χ3n) is 1.53. The van der Waals surface area contributed by atoms with Crippen molar-refractivity contribution in [2.75, 3.05) is 0 Å². The van der Waals surface area contributed by atoms with Crippen molar-refractivity contribution in [1.29, 1.82) is 0 Å². The molecular formula is C8H11NO. The third kappa shape index (κ3) is 1.10. The van der Waals surface area contributed by atoms with E-state index in [1.165, 1.54) is 0 Å². The first kappa shape index (κ1) is 7.06. The van der Waals surface area contributed by atoms with Gasteiger partial charge in [0.1, 0.15) is 0 Å². The van der Waals surface area contributed by atoms with Crippen LogP contribution in [0.15, 0.2) is 18.3 Å². The van der Waals surface area contributed by atoms with Crippen LogP contribution in [-0.2, 0) is 6.54 Å². The molecule has 0 aliphatic carbocycles. The van der Waals surface area contributed by atoms with E-state index in [1.807, 2.05) is 29.8 Å². The smallest absolute Gasteiger partial charge is 0.176 e. The SMILES string of the molecule is CCn1cccc1C(C)=O. The molecule has 0 aromatic carbocycles. The molecular weight excluding hydrogens is 126 g/mol. The number of rotatable bonds is 2. The zero-order chi connectivity index (χ0) is 7.56. The molecule has 0 aliphatic rings. The molecule has 0 N–H and O–H groups in total. The van der Waals surface area contributed by atoms with Gasteiger partial charge in [0, 0.05) is 19.7 Å². The summed E-state index contributed by atoms with van der Waals surface area (Å²) in [5, 5.41) is 0. The van der Waals surface area contributed by atoms with Crippen LogP contribution in [0.1, 0.15) is 24.3 Å². The molecule has 1 aromatic heterocycles. The van der Waals surface area contributed by atoms with Gasteiger partial charge >= 0.3 is 0 Å². The van der Waals surface area contributed by atoms with Gasteiger partial charge in [0.2, 0.25) is 0 Å². The minimum atomic E-state index is 0.131. The number of ketones is 1. The molecule has 1 heterocycles. The second kappa shape index (κ2) is 2.69. The van der Waals surface area contributed by atoms with Gasteiger partial charge in [-0.15, -0.1) is 0 Å². The quantitative estimate of drug-likeness (QED) is 0.569. The summed E-state index contributed by atoms with van der Waals surface area (Å²) >= 11 is 0. The number of Topliss-reactive ketones (excluding diaryl/α,β-unsaturated/α-hetero) is 1. The highest BCUT2D eigenvalue weighted by atomic mass is 16.1. The van der Waals surface area contributed by atoms with Crippen LogP contribution in [-0.4, -0.2) is 10.4 Å². The van der Waals surface area contributed by atoms with Gasteiger partial charge in [-0.1, -0.05) is 0 Å². The van der Waals surface area contributed by atoms with E-state index < -0.39 is 0 Å². The van der Waals surface area contributed by atoms with Crippen molar-refractivity contribution in [3.05, 3.63) is 24.0 Å². The van der Waals surface area contributed by atoms with Crippen LogP contribution in [0.4, 0.5) is 0 Å². The van der Waals surface area contributed by atoms with Gasteiger partial charge in [0.25, 0.3) is 0 Å². The summed E-state index contributed by atoms with van der Waals surface area (Å²) in [5.74, 6) is 0.131. The first-order valence-electron chi connectivity index (χ1n) is 3.41.